The van der Waals surface area contributed by atoms with Gasteiger partial charge >= 0.3 is 0 Å². The minimum Gasteiger partial charge on any atom is -0.506 e. The molecule has 3 aromatic carbocycles. The number of hydrogen-bond donors (Lipinski definition) is 2. The normalized spacial score (nSPS) is 11.8. The summed E-state index contributed by atoms with van der Waals surface area (Å²) in [5, 5.41) is 22.5. The standard InChI is InChI=1S/C26H22N4O3/c1-17(27-18-12-14-20(15-13-18)29-28-19-8-4-3-5-9-19)16-23(31)24-25(32)21-10-6-7-11-22(21)30(2)26(24)33/h3-16,27,32H,1-2H3. The van der Waals surface area contributed by atoms with Gasteiger partial charge in [-0.15, -0.1) is 0 Å². The van der Waals surface area contributed by atoms with Crippen LogP contribution in [0.1, 0.15) is 17.3 Å². The highest BCUT2D eigenvalue weighted by atomic mass is 16.3. The van der Waals surface area contributed by atoms with E-state index < -0.39 is 11.3 Å². The first-order valence-electron chi connectivity index (χ1n) is 10.3. The van der Waals surface area contributed by atoms with Crippen molar-refractivity contribution in [1.82, 2.24) is 4.57 Å². The summed E-state index contributed by atoms with van der Waals surface area (Å²) < 4.78 is 1.36. The lowest BCUT2D eigenvalue weighted by Crippen LogP contribution is -2.24. The summed E-state index contributed by atoms with van der Waals surface area (Å²) in [6.45, 7) is 1.71. The molecule has 7 nitrogen and oxygen atoms in total. The average Bonchev–Trinajstić information content (AvgIpc) is 2.83. The molecular weight excluding hydrogens is 416 g/mol. The minimum absolute atomic E-state index is 0.256. The largest absolute Gasteiger partial charge is 0.506 e. The van der Waals surface area contributed by atoms with Crippen molar-refractivity contribution in [2.24, 2.45) is 17.3 Å². The van der Waals surface area contributed by atoms with Gasteiger partial charge in [0.15, 0.2) is 5.78 Å². The topological polar surface area (TPSA) is 96.0 Å². The molecule has 0 atom stereocenters. The molecule has 0 aliphatic heterocycles. The molecule has 0 unspecified atom stereocenters. The predicted molar refractivity (Wildman–Crippen MR) is 130 cm³/mol. The highest BCUT2D eigenvalue weighted by Gasteiger charge is 2.19. The third kappa shape index (κ3) is 4.72. The Morgan fingerprint density at radius 2 is 1.52 bits per heavy atom. The van der Waals surface area contributed by atoms with Gasteiger partial charge in [-0.1, -0.05) is 30.3 Å². The van der Waals surface area contributed by atoms with Gasteiger partial charge in [0.1, 0.15) is 11.3 Å². The number of aromatic hydroxyl groups is 1. The molecule has 2 N–H and O–H groups in total. The fraction of sp³-hybridized carbons (Fsp3) is 0.0769. The Kier molecular flexibility index (Phi) is 6.13. The summed E-state index contributed by atoms with van der Waals surface area (Å²) in [4.78, 5) is 25.5. The van der Waals surface area contributed by atoms with Crippen molar-refractivity contribution in [1.29, 1.82) is 0 Å². The van der Waals surface area contributed by atoms with E-state index >= 15 is 0 Å². The van der Waals surface area contributed by atoms with Crippen LogP contribution < -0.4 is 10.9 Å². The van der Waals surface area contributed by atoms with Crippen LogP contribution in [0.15, 0.2) is 106 Å². The molecule has 33 heavy (non-hydrogen) atoms. The fourth-order valence-electron chi connectivity index (χ4n) is 3.46. The lowest BCUT2D eigenvalue weighted by Gasteiger charge is -2.11. The Morgan fingerprint density at radius 3 is 2.21 bits per heavy atom. The van der Waals surface area contributed by atoms with Crippen LogP contribution in [0.2, 0.25) is 0 Å². The number of aromatic nitrogens is 1. The number of nitrogens with one attached hydrogen (secondary N) is 1. The number of carbonyl (C=O) groups is 1. The number of rotatable bonds is 6. The maximum Gasteiger partial charge on any atom is 0.265 e. The molecule has 0 amide bonds. The van der Waals surface area contributed by atoms with Crippen LogP contribution in [0.25, 0.3) is 10.9 Å². The van der Waals surface area contributed by atoms with Crippen molar-refractivity contribution in [2.45, 2.75) is 6.92 Å². The molecule has 0 aliphatic rings. The minimum atomic E-state index is -0.572. The van der Waals surface area contributed by atoms with Crippen molar-refractivity contribution >= 4 is 33.7 Å². The van der Waals surface area contributed by atoms with E-state index in [1.54, 1.807) is 50.4 Å². The van der Waals surface area contributed by atoms with Gasteiger partial charge in [0.25, 0.3) is 5.56 Å². The van der Waals surface area contributed by atoms with Crippen LogP contribution in [0.3, 0.4) is 0 Å². The molecule has 0 radical (unpaired) electrons. The molecule has 7 heteroatoms. The average molecular weight is 438 g/mol. The molecule has 164 valence electrons. The highest BCUT2D eigenvalue weighted by Crippen LogP contribution is 2.26. The van der Waals surface area contributed by atoms with E-state index in [0.29, 0.717) is 22.3 Å². The Bertz CT molecular complexity index is 1440. The second-order valence-electron chi connectivity index (χ2n) is 7.50. The molecule has 1 heterocycles. The van der Waals surface area contributed by atoms with E-state index in [1.165, 1.54) is 10.6 Å². The second kappa shape index (κ2) is 9.32. The molecule has 0 saturated carbocycles. The smallest absolute Gasteiger partial charge is 0.265 e. The van der Waals surface area contributed by atoms with Gasteiger partial charge in [-0.25, -0.2) is 0 Å². The molecular formula is C26H22N4O3. The van der Waals surface area contributed by atoms with E-state index in [0.717, 1.165) is 11.4 Å². The molecule has 0 fully saturated rings. The first-order valence-corrected chi connectivity index (χ1v) is 10.3. The van der Waals surface area contributed by atoms with Crippen LogP contribution in [0, 0.1) is 0 Å². The summed E-state index contributed by atoms with van der Waals surface area (Å²) in [7, 11) is 1.58. The van der Waals surface area contributed by atoms with E-state index in [4.69, 9.17) is 0 Å². The number of nitrogens with zero attached hydrogens (tertiary/aromatic N) is 3. The van der Waals surface area contributed by atoms with Crippen LogP contribution in [0.4, 0.5) is 17.1 Å². The van der Waals surface area contributed by atoms with Gasteiger partial charge < -0.3 is 15.0 Å². The van der Waals surface area contributed by atoms with Crippen molar-refractivity contribution < 1.29 is 9.90 Å². The first-order chi connectivity index (χ1) is 15.9. The molecule has 4 rings (SSSR count). The van der Waals surface area contributed by atoms with Crippen LogP contribution in [0.5, 0.6) is 5.75 Å². The zero-order valence-electron chi connectivity index (χ0n) is 18.2. The van der Waals surface area contributed by atoms with E-state index in [9.17, 15) is 14.7 Å². The zero-order chi connectivity index (χ0) is 23.4. The quantitative estimate of drug-likeness (QED) is 0.224. The Balaban J connectivity index is 1.52. The van der Waals surface area contributed by atoms with Crippen LogP contribution in [-0.4, -0.2) is 15.5 Å². The molecule has 0 aliphatic carbocycles. The molecule has 4 aromatic rings. The number of hydrogen-bond acceptors (Lipinski definition) is 6. The number of carbonyl (C=O) groups excluding carboxylic acids is 1. The lowest BCUT2D eigenvalue weighted by atomic mass is 10.1. The Labute approximate surface area is 190 Å². The summed E-state index contributed by atoms with van der Waals surface area (Å²) in [6.07, 6.45) is 1.30. The first kappa shape index (κ1) is 21.7. The van der Waals surface area contributed by atoms with Gasteiger partial charge in [-0.3, -0.25) is 9.59 Å². The number of anilines is 1. The Hall–Kier alpha value is -4.52. The number of aryl methyl sites for hydroxylation is 1. The van der Waals surface area contributed by atoms with Crippen LogP contribution in [-0.2, 0) is 7.05 Å². The molecule has 0 bridgehead atoms. The fourth-order valence-corrected chi connectivity index (χ4v) is 3.46. The maximum atomic E-state index is 12.8. The van der Waals surface area contributed by atoms with Crippen molar-refractivity contribution in [3.63, 3.8) is 0 Å². The second-order valence-corrected chi connectivity index (χ2v) is 7.50. The number of fused-ring (bicyclic) bond motifs is 1. The van der Waals surface area contributed by atoms with Gasteiger partial charge in [0, 0.05) is 29.9 Å². The summed E-state index contributed by atoms with van der Waals surface area (Å²) in [5.74, 6) is -0.881. The van der Waals surface area contributed by atoms with Crippen molar-refractivity contribution in [2.75, 3.05) is 5.32 Å². The number of allylic oxidation sites excluding steroid dienone is 2. The highest BCUT2D eigenvalue weighted by molar-refractivity contribution is 6.09. The monoisotopic (exact) mass is 438 g/mol. The van der Waals surface area contributed by atoms with Gasteiger partial charge in [-0.05, 0) is 55.5 Å². The lowest BCUT2D eigenvalue weighted by molar-refractivity contribution is 0.104. The SMILES string of the molecule is CC(=CC(=O)c1c(O)c2ccccc2n(C)c1=O)Nc1ccc(N=Nc2ccccc2)cc1. The molecule has 0 saturated heterocycles. The number of para-hydroxylation sites is 1. The van der Waals surface area contributed by atoms with E-state index in [1.807, 2.05) is 42.5 Å². The third-order valence-corrected chi connectivity index (χ3v) is 5.12. The third-order valence-electron chi connectivity index (χ3n) is 5.12. The number of ketones is 1. The summed E-state index contributed by atoms with van der Waals surface area (Å²) in [6, 6.07) is 23.6. The maximum absolute atomic E-state index is 12.8. The zero-order valence-corrected chi connectivity index (χ0v) is 18.2. The van der Waals surface area contributed by atoms with E-state index in [2.05, 4.69) is 15.5 Å². The van der Waals surface area contributed by atoms with Crippen molar-refractivity contribution in [3.8, 4) is 5.75 Å². The van der Waals surface area contributed by atoms with Gasteiger partial charge in [-0.2, -0.15) is 10.2 Å². The number of pyridine rings is 1. The predicted octanol–water partition coefficient (Wildman–Crippen LogP) is 5.86. The number of benzene rings is 3. The van der Waals surface area contributed by atoms with Gasteiger partial charge in [0.05, 0.1) is 16.9 Å². The Morgan fingerprint density at radius 1 is 0.909 bits per heavy atom. The summed E-state index contributed by atoms with van der Waals surface area (Å²) >= 11 is 0. The van der Waals surface area contributed by atoms with Crippen molar-refractivity contribution in [3.05, 3.63) is 107 Å². The molecule has 0 spiro atoms. The number of azo groups is 1. The van der Waals surface area contributed by atoms with Crippen LogP contribution >= 0.6 is 0 Å². The molecule has 1 aromatic heterocycles. The van der Waals surface area contributed by atoms with E-state index in [-0.39, 0.29) is 11.3 Å². The van der Waals surface area contributed by atoms with Gasteiger partial charge in [0.2, 0.25) is 0 Å². The summed E-state index contributed by atoms with van der Waals surface area (Å²) in [5.41, 5.74) is 2.47.